The number of thiophene rings is 1. The standard InChI is InChI=1S/C20H24N4OS/c1-12-5-4-6-15(7-12)19-22-18(21)17-8-16(26-20(17)23-19)11-24-9-13(2)25-14(3)10-24/h4-8,13-14H,9-11H2,1-3H3,(H2,21,22,23)/t13-,14+. The third kappa shape index (κ3) is 3.58. The molecule has 1 aliphatic rings. The van der Waals surface area contributed by atoms with E-state index in [-0.39, 0.29) is 12.2 Å². The predicted octanol–water partition coefficient (Wildman–Crippen LogP) is 3.86. The van der Waals surface area contributed by atoms with Crippen LogP contribution < -0.4 is 5.73 Å². The molecule has 1 saturated heterocycles. The van der Waals surface area contributed by atoms with Gasteiger partial charge in [0.2, 0.25) is 0 Å². The lowest BCUT2D eigenvalue weighted by Crippen LogP contribution is -2.44. The van der Waals surface area contributed by atoms with Gasteiger partial charge in [-0.25, -0.2) is 9.97 Å². The lowest BCUT2D eigenvalue weighted by atomic mass is 10.1. The number of ether oxygens (including phenoxy) is 1. The Morgan fingerprint density at radius 1 is 1.19 bits per heavy atom. The van der Waals surface area contributed by atoms with E-state index in [1.807, 2.05) is 12.1 Å². The van der Waals surface area contributed by atoms with E-state index in [0.29, 0.717) is 11.6 Å². The second-order valence-electron chi connectivity index (χ2n) is 7.18. The number of aryl methyl sites for hydroxylation is 1. The molecule has 3 heterocycles. The first-order valence-electron chi connectivity index (χ1n) is 8.98. The van der Waals surface area contributed by atoms with Gasteiger partial charge in [-0.05, 0) is 32.9 Å². The molecule has 1 aromatic carbocycles. The Bertz CT molecular complexity index is 929. The number of benzene rings is 1. The Morgan fingerprint density at radius 3 is 2.69 bits per heavy atom. The zero-order chi connectivity index (χ0) is 18.3. The summed E-state index contributed by atoms with van der Waals surface area (Å²) in [6.45, 7) is 9.14. The zero-order valence-corrected chi connectivity index (χ0v) is 16.2. The molecule has 2 aromatic heterocycles. The van der Waals surface area contributed by atoms with Gasteiger partial charge in [0.15, 0.2) is 5.82 Å². The van der Waals surface area contributed by atoms with Crippen molar-refractivity contribution in [1.29, 1.82) is 0 Å². The third-order valence-corrected chi connectivity index (χ3v) is 5.64. The van der Waals surface area contributed by atoms with Crippen LogP contribution in [0.2, 0.25) is 0 Å². The monoisotopic (exact) mass is 368 g/mol. The second kappa shape index (κ2) is 6.95. The highest BCUT2D eigenvalue weighted by molar-refractivity contribution is 7.18. The molecule has 0 unspecified atom stereocenters. The summed E-state index contributed by atoms with van der Waals surface area (Å²) in [6, 6.07) is 10.3. The van der Waals surface area contributed by atoms with Gasteiger partial charge in [-0.15, -0.1) is 11.3 Å². The molecule has 3 aromatic rings. The molecule has 1 fully saturated rings. The summed E-state index contributed by atoms with van der Waals surface area (Å²) in [7, 11) is 0. The fourth-order valence-corrected chi connectivity index (χ4v) is 4.70. The molecule has 26 heavy (non-hydrogen) atoms. The maximum Gasteiger partial charge on any atom is 0.163 e. The van der Waals surface area contributed by atoms with Gasteiger partial charge in [0.25, 0.3) is 0 Å². The number of hydrogen-bond acceptors (Lipinski definition) is 6. The summed E-state index contributed by atoms with van der Waals surface area (Å²) in [4.78, 5) is 14.0. The van der Waals surface area contributed by atoms with Crippen molar-refractivity contribution < 1.29 is 4.74 Å². The molecule has 0 bridgehead atoms. The minimum atomic E-state index is 0.269. The van der Waals surface area contributed by atoms with Crippen LogP contribution in [-0.2, 0) is 11.3 Å². The van der Waals surface area contributed by atoms with Crippen LogP contribution in [0, 0.1) is 6.92 Å². The highest BCUT2D eigenvalue weighted by atomic mass is 32.1. The molecule has 0 aliphatic carbocycles. The van der Waals surface area contributed by atoms with E-state index in [2.05, 4.69) is 48.9 Å². The van der Waals surface area contributed by atoms with E-state index in [4.69, 9.17) is 15.5 Å². The average molecular weight is 369 g/mol. The van der Waals surface area contributed by atoms with E-state index in [0.717, 1.165) is 35.4 Å². The molecule has 0 spiro atoms. The lowest BCUT2D eigenvalue weighted by Gasteiger charge is -2.34. The van der Waals surface area contributed by atoms with Gasteiger partial charge in [0, 0.05) is 30.1 Å². The Balaban J connectivity index is 1.64. The van der Waals surface area contributed by atoms with E-state index >= 15 is 0 Å². The van der Waals surface area contributed by atoms with Crippen LogP contribution in [0.25, 0.3) is 21.6 Å². The molecular formula is C20H24N4OS. The highest BCUT2D eigenvalue weighted by Gasteiger charge is 2.23. The molecule has 2 N–H and O–H groups in total. The molecule has 0 amide bonds. The molecule has 2 atom stereocenters. The number of morpholine rings is 1. The van der Waals surface area contributed by atoms with E-state index in [9.17, 15) is 0 Å². The van der Waals surface area contributed by atoms with Crippen molar-refractivity contribution in [2.24, 2.45) is 0 Å². The summed E-state index contributed by atoms with van der Waals surface area (Å²) < 4.78 is 5.83. The Kier molecular flexibility index (Phi) is 4.65. The van der Waals surface area contributed by atoms with Gasteiger partial charge in [0.1, 0.15) is 10.6 Å². The van der Waals surface area contributed by atoms with Crippen molar-refractivity contribution in [2.45, 2.75) is 39.5 Å². The minimum Gasteiger partial charge on any atom is -0.383 e. The molecule has 136 valence electrons. The summed E-state index contributed by atoms with van der Waals surface area (Å²) in [5.41, 5.74) is 8.44. The number of hydrogen-bond donors (Lipinski definition) is 1. The molecule has 5 nitrogen and oxygen atoms in total. The first-order valence-corrected chi connectivity index (χ1v) is 9.80. The van der Waals surface area contributed by atoms with Crippen LogP contribution in [0.1, 0.15) is 24.3 Å². The Labute approximate surface area is 157 Å². The molecular weight excluding hydrogens is 344 g/mol. The van der Waals surface area contributed by atoms with Crippen molar-refractivity contribution in [1.82, 2.24) is 14.9 Å². The number of nitrogens with zero attached hydrogens (tertiary/aromatic N) is 3. The van der Waals surface area contributed by atoms with Crippen molar-refractivity contribution >= 4 is 27.4 Å². The Hall–Kier alpha value is -2.02. The fraction of sp³-hybridized carbons (Fsp3) is 0.400. The maximum absolute atomic E-state index is 6.24. The first kappa shape index (κ1) is 17.4. The Morgan fingerprint density at radius 2 is 1.96 bits per heavy atom. The van der Waals surface area contributed by atoms with E-state index in [1.165, 1.54) is 10.4 Å². The number of rotatable bonds is 3. The number of fused-ring (bicyclic) bond motifs is 1. The molecule has 0 saturated carbocycles. The normalized spacial score (nSPS) is 21.3. The van der Waals surface area contributed by atoms with Gasteiger partial charge < -0.3 is 10.5 Å². The zero-order valence-electron chi connectivity index (χ0n) is 15.4. The van der Waals surface area contributed by atoms with Crippen LogP contribution in [0.4, 0.5) is 5.82 Å². The quantitative estimate of drug-likeness (QED) is 0.760. The second-order valence-corrected chi connectivity index (χ2v) is 8.30. The average Bonchev–Trinajstić information content (AvgIpc) is 2.97. The van der Waals surface area contributed by atoms with Crippen LogP contribution in [0.3, 0.4) is 0 Å². The molecule has 1 aliphatic heterocycles. The smallest absolute Gasteiger partial charge is 0.163 e. The lowest BCUT2D eigenvalue weighted by molar-refractivity contribution is -0.0702. The van der Waals surface area contributed by atoms with Crippen LogP contribution in [0.5, 0.6) is 0 Å². The van der Waals surface area contributed by atoms with Crippen molar-refractivity contribution in [3.63, 3.8) is 0 Å². The topological polar surface area (TPSA) is 64.3 Å². The minimum absolute atomic E-state index is 0.269. The third-order valence-electron chi connectivity index (χ3n) is 4.62. The SMILES string of the molecule is Cc1cccc(-c2nc(N)c3cc(CN4C[C@@H](C)O[C@@H](C)C4)sc3n2)c1. The molecule has 6 heteroatoms. The van der Waals surface area contributed by atoms with Gasteiger partial charge in [0.05, 0.1) is 17.6 Å². The number of nitrogens with two attached hydrogens (primary N) is 1. The first-order chi connectivity index (χ1) is 12.5. The van der Waals surface area contributed by atoms with Crippen molar-refractivity contribution in [2.75, 3.05) is 18.8 Å². The van der Waals surface area contributed by atoms with Crippen molar-refractivity contribution in [3.8, 4) is 11.4 Å². The van der Waals surface area contributed by atoms with Crippen molar-refractivity contribution in [3.05, 3.63) is 40.8 Å². The number of aromatic nitrogens is 2. The van der Waals surface area contributed by atoms with E-state index < -0.39 is 0 Å². The highest BCUT2D eigenvalue weighted by Crippen LogP contribution is 2.31. The summed E-state index contributed by atoms with van der Waals surface area (Å²) in [5, 5.41) is 0.954. The maximum atomic E-state index is 6.24. The number of anilines is 1. The molecule has 0 radical (unpaired) electrons. The van der Waals surface area contributed by atoms with Crippen LogP contribution in [-0.4, -0.2) is 40.2 Å². The van der Waals surface area contributed by atoms with Gasteiger partial charge in [-0.3, -0.25) is 4.90 Å². The predicted molar refractivity (Wildman–Crippen MR) is 107 cm³/mol. The summed E-state index contributed by atoms with van der Waals surface area (Å²) >= 11 is 1.71. The van der Waals surface area contributed by atoms with E-state index in [1.54, 1.807) is 11.3 Å². The van der Waals surface area contributed by atoms with Crippen LogP contribution in [0.15, 0.2) is 30.3 Å². The largest absolute Gasteiger partial charge is 0.383 e. The fourth-order valence-electron chi connectivity index (χ4n) is 3.62. The number of nitrogen functional groups attached to an aromatic ring is 1. The molecule has 4 rings (SSSR count). The van der Waals surface area contributed by atoms with Crippen LogP contribution >= 0.6 is 11.3 Å². The van der Waals surface area contributed by atoms with Gasteiger partial charge in [-0.1, -0.05) is 23.8 Å². The van der Waals surface area contributed by atoms with Gasteiger partial charge >= 0.3 is 0 Å². The summed E-state index contributed by atoms with van der Waals surface area (Å²) in [5.74, 6) is 1.25. The van der Waals surface area contributed by atoms with Gasteiger partial charge in [-0.2, -0.15) is 0 Å². The summed E-state index contributed by atoms with van der Waals surface area (Å²) in [6.07, 6.45) is 0.539.